The van der Waals surface area contributed by atoms with Crippen LogP contribution in [0.1, 0.15) is 170 Å². The Morgan fingerprint density at radius 1 is 0.520 bits per heavy atom. The summed E-state index contributed by atoms with van der Waals surface area (Å²) in [5.74, 6) is 6.24. The minimum Gasteiger partial charge on any atom is -0.446 e. The molecule has 10 fully saturated rings. The Kier molecular flexibility index (Phi) is 15.0. The van der Waals surface area contributed by atoms with Gasteiger partial charge < -0.3 is 55.0 Å². The average molecular weight is 1040 g/mol. The van der Waals surface area contributed by atoms with Crippen molar-refractivity contribution in [3.05, 3.63) is 23.3 Å². The van der Waals surface area contributed by atoms with Crippen molar-refractivity contribution in [2.75, 3.05) is 65.6 Å². The number of carbonyl (C=O) groups is 2. The molecule has 75 heavy (non-hydrogen) atoms. The lowest BCUT2D eigenvalue weighted by molar-refractivity contribution is -0.256. The van der Waals surface area contributed by atoms with Gasteiger partial charge in [0, 0.05) is 90.9 Å². The molecule has 8 aliphatic carbocycles. The number of carbonyl (C=O) groups excluding carboxylic acids is 2. The molecule has 2 spiro atoms. The first-order valence-corrected chi connectivity index (χ1v) is 31.1. The van der Waals surface area contributed by atoms with Crippen molar-refractivity contribution >= 4 is 12.2 Å². The van der Waals surface area contributed by atoms with Crippen LogP contribution in [-0.2, 0) is 28.4 Å². The fourth-order valence-electron chi connectivity index (χ4n) is 19.9. The van der Waals surface area contributed by atoms with Gasteiger partial charge in [-0.15, -0.1) is 0 Å². The molecule has 0 bridgehead atoms. The first kappa shape index (κ1) is 53.4. The third-order valence-electron chi connectivity index (χ3n) is 24.3. The lowest BCUT2D eigenvalue weighted by Gasteiger charge is -2.58. The van der Waals surface area contributed by atoms with Gasteiger partial charge in [0.15, 0.2) is 11.6 Å². The maximum absolute atomic E-state index is 12.9. The molecular weight excluding hydrogens is 943 g/mol. The van der Waals surface area contributed by atoms with E-state index in [1.54, 1.807) is 11.1 Å². The van der Waals surface area contributed by atoms with E-state index in [0.29, 0.717) is 84.7 Å². The summed E-state index contributed by atoms with van der Waals surface area (Å²) in [5.41, 5.74) is 4.20. The van der Waals surface area contributed by atoms with Crippen molar-refractivity contribution in [1.82, 2.24) is 26.6 Å². The predicted octanol–water partition coefficient (Wildman–Crippen LogP) is 10.2. The zero-order chi connectivity index (χ0) is 51.8. The summed E-state index contributed by atoms with van der Waals surface area (Å²) in [6.07, 6.45) is 27.7. The van der Waals surface area contributed by atoms with E-state index in [1.807, 2.05) is 0 Å². The number of rotatable bonds is 14. The molecule has 12 aliphatic rings. The van der Waals surface area contributed by atoms with Gasteiger partial charge in [-0.25, -0.2) is 9.59 Å². The van der Waals surface area contributed by atoms with Crippen LogP contribution in [0.4, 0.5) is 9.59 Å². The first-order chi connectivity index (χ1) is 36.1. The molecule has 420 valence electrons. The molecule has 2 amide bonds. The van der Waals surface area contributed by atoms with E-state index in [0.717, 1.165) is 140 Å². The molecule has 0 unspecified atom stereocenters. The molecule has 13 heteroatoms. The van der Waals surface area contributed by atoms with Gasteiger partial charge in [0.25, 0.3) is 0 Å². The molecular formula is C62H99N5O8. The van der Waals surface area contributed by atoms with Gasteiger partial charge in [-0.2, -0.15) is 0 Å². The summed E-state index contributed by atoms with van der Waals surface area (Å²) in [5, 5.41) is 16.3. The minimum absolute atomic E-state index is 0.0476. The van der Waals surface area contributed by atoms with Crippen LogP contribution in [0.3, 0.4) is 0 Å². The highest BCUT2D eigenvalue weighted by molar-refractivity contribution is 5.67. The van der Waals surface area contributed by atoms with Crippen LogP contribution < -0.4 is 26.6 Å². The topological polar surface area (TPSA) is 150 Å². The molecule has 12 rings (SSSR count). The highest BCUT2D eigenvalue weighted by Gasteiger charge is 2.68. The van der Waals surface area contributed by atoms with Crippen molar-refractivity contribution in [3.8, 4) is 0 Å². The van der Waals surface area contributed by atoms with Crippen molar-refractivity contribution in [3.63, 3.8) is 0 Å². The van der Waals surface area contributed by atoms with Crippen molar-refractivity contribution in [2.45, 2.75) is 206 Å². The molecule has 0 radical (unpaired) electrons. The summed E-state index contributed by atoms with van der Waals surface area (Å²) >= 11 is 0. The van der Waals surface area contributed by atoms with Crippen molar-refractivity contribution in [2.24, 2.45) is 80.8 Å². The fourth-order valence-corrected chi connectivity index (χ4v) is 19.9. The van der Waals surface area contributed by atoms with Gasteiger partial charge in [0.2, 0.25) is 0 Å². The third kappa shape index (κ3) is 9.90. The third-order valence-corrected chi connectivity index (χ3v) is 24.3. The number of hydrogen-bond acceptors (Lipinski definition) is 11. The molecule has 4 aliphatic heterocycles. The molecule has 0 aromatic heterocycles. The molecule has 4 saturated heterocycles. The second-order valence-corrected chi connectivity index (χ2v) is 28.4. The molecule has 5 N–H and O–H groups in total. The van der Waals surface area contributed by atoms with Gasteiger partial charge in [-0.1, -0.05) is 64.8 Å². The SMILES string of the molecule is C[C@@H]1CC[C@@]2(C[C@H]3[C@H](C[C@H]4[C@@H]5CC=C6C[C@@H](OC(=O)NCCNCCNCCNCCNC(=O)O[C@H]7CC[C@@]8(C)C(=CC[C@H]9[C@@H]%10C[C@@H]%11O[C@]%12(CC[C@@H](C)CO%12)C[C@@H]%11[C@@]%10(C)CC[C@@H]98)C7)CC[C@]6(C)[C@H]5CC[C@@]43C)O2)OC1. The molecule has 4 heterocycles. The smallest absolute Gasteiger partial charge is 0.407 e. The lowest BCUT2D eigenvalue weighted by Crippen LogP contribution is -2.51. The van der Waals surface area contributed by atoms with E-state index in [9.17, 15) is 9.59 Å². The highest BCUT2D eigenvalue weighted by Crippen LogP contribution is 2.71. The number of allylic oxidation sites excluding steroid dienone is 2. The van der Waals surface area contributed by atoms with Crippen LogP contribution in [0, 0.1) is 80.8 Å². The van der Waals surface area contributed by atoms with Crippen LogP contribution in [0.15, 0.2) is 23.3 Å². The zero-order valence-corrected chi connectivity index (χ0v) is 47.2. The second-order valence-electron chi connectivity index (χ2n) is 28.4. The normalized spacial score (nSPS) is 48.2. The average Bonchev–Trinajstić information content (AvgIpc) is 4.14. The summed E-state index contributed by atoms with van der Waals surface area (Å²) in [7, 11) is 0. The number of ether oxygens (including phenoxy) is 6. The zero-order valence-electron chi connectivity index (χ0n) is 47.2. The number of nitrogens with one attached hydrogen (secondary N) is 5. The van der Waals surface area contributed by atoms with Crippen LogP contribution in [0.25, 0.3) is 0 Å². The number of fused-ring (bicyclic) bond motifs is 14. The Morgan fingerprint density at radius 3 is 1.33 bits per heavy atom. The molecule has 13 nitrogen and oxygen atoms in total. The summed E-state index contributed by atoms with van der Waals surface area (Å²) in [6.45, 7) is 22.4. The standard InChI is InChI=1S/C62H99N5O8/c1-39-11-21-61(70-37-39)35-51-53(74-61)33-49-45-9-7-41-31-43(13-17-57(41,3)47(45)15-19-59(49,51)5)72-55(68)66-29-27-64-25-23-63-24-26-65-28-30-67-56(69)73-44-14-18-58(4)42(32-44)8-10-46-48(58)16-20-60(6)50(46)34-54-52(60)36-62(75-54)22-12-40(2)38-71-62/h7-8,39-40,43-54,63-65H,9-38H2,1-6H3,(H,66,68)(H,67,69)/t39-,40-,43+,44+,45-,46-,47+,48+,49+,50+,51+,52+,53+,54+,57+,58+,59+,60+,61-,62-/m1/s1. The minimum atomic E-state index is -0.309. The Hall–Kier alpha value is -2.26. The van der Waals surface area contributed by atoms with Crippen LogP contribution in [-0.4, -0.2) is 114 Å². The van der Waals surface area contributed by atoms with Crippen LogP contribution in [0.5, 0.6) is 0 Å². The summed E-state index contributed by atoms with van der Waals surface area (Å²) < 4.78 is 38.7. The van der Waals surface area contributed by atoms with Crippen LogP contribution in [0.2, 0.25) is 0 Å². The summed E-state index contributed by atoms with van der Waals surface area (Å²) in [4.78, 5) is 25.8. The van der Waals surface area contributed by atoms with Crippen LogP contribution >= 0.6 is 0 Å². The predicted molar refractivity (Wildman–Crippen MR) is 289 cm³/mol. The lowest BCUT2D eigenvalue weighted by atomic mass is 9.47. The highest BCUT2D eigenvalue weighted by atomic mass is 16.7. The van der Waals surface area contributed by atoms with E-state index in [4.69, 9.17) is 28.4 Å². The van der Waals surface area contributed by atoms with E-state index < -0.39 is 0 Å². The first-order valence-electron chi connectivity index (χ1n) is 31.1. The Morgan fingerprint density at radius 2 is 0.933 bits per heavy atom. The van der Waals surface area contributed by atoms with Crippen molar-refractivity contribution < 1.29 is 38.0 Å². The van der Waals surface area contributed by atoms with Crippen molar-refractivity contribution in [1.29, 1.82) is 0 Å². The van der Waals surface area contributed by atoms with Gasteiger partial charge in [-0.3, -0.25) is 0 Å². The molecule has 0 aromatic rings. The van der Waals surface area contributed by atoms with E-state index in [2.05, 4.69) is 80.3 Å². The van der Waals surface area contributed by atoms with Gasteiger partial charge in [-0.05, 0) is 171 Å². The maximum atomic E-state index is 12.9. The van der Waals surface area contributed by atoms with E-state index >= 15 is 0 Å². The van der Waals surface area contributed by atoms with Gasteiger partial charge in [0.05, 0.1) is 25.4 Å². The summed E-state index contributed by atoms with van der Waals surface area (Å²) in [6, 6.07) is 0. The molecule has 20 atom stereocenters. The van der Waals surface area contributed by atoms with Gasteiger partial charge >= 0.3 is 12.2 Å². The Labute approximate surface area is 450 Å². The number of alkyl carbamates (subject to hydrolysis) is 2. The van der Waals surface area contributed by atoms with E-state index in [1.165, 1.54) is 51.4 Å². The van der Waals surface area contributed by atoms with Gasteiger partial charge in [0.1, 0.15) is 12.2 Å². The molecule has 6 saturated carbocycles. The van der Waals surface area contributed by atoms with E-state index in [-0.39, 0.29) is 46.8 Å². The fraction of sp³-hybridized carbons (Fsp3) is 0.903. The monoisotopic (exact) mass is 1040 g/mol. The number of amides is 2. The quantitative estimate of drug-likeness (QED) is 0.0836. The number of hydrogen-bond donors (Lipinski definition) is 5. The second kappa shape index (κ2) is 21.0. The largest absolute Gasteiger partial charge is 0.446 e. The maximum Gasteiger partial charge on any atom is 0.407 e. The Bertz CT molecular complexity index is 1990. The molecule has 0 aromatic carbocycles. The Balaban J connectivity index is 0.485.